The molecular formula is C25H30N4O3. The monoisotopic (exact) mass is 434 g/mol. The van der Waals surface area contributed by atoms with E-state index in [0.717, 1.165) is 41.0 Å². The number of hydrogen-bond acceptors (Lipinski definition) is 4. The van der Waals surface area contributed by atoms with Gasteiger partial charge in [-0.25, -0.2) is 0 Å². The van der Waals surface area contributed by atoms with Crippen molar-refractivity contribution in [1.29, 1.82) is 0 Å². The van der Waals surface area contributed by atoms with E-state index in [1.165, 1.54) is 0 Å². The fourth-order valence-electron chi connectivity index (χ4n) is 4.28. The number of primary amides is 1. The van der Waals surface area contributed by atoms with Crippen LogP contribution >= 0.6 is 0 Å². The van der Waals surface area contributed by atoms with Gasteiger partial charge in [0.2, 0.25) is 17.7 Å². The van der Waals surface area contributed by atoms with E-state index in [0.29, 0.717) is 13.0 Å². The van der Waals surface area contributed by atoms with Gasteiger partial charge in [0, 0.05) is 48.7 Å². The zero-order valence-electron chi connectivity index (χ0n) is 19.1. The van der Waals surface area contributed by atoms with Gasteiger partial charge in [-0.3, -0.25) is 19.4 Å². The Bertz CT molecular complexity index is 1070. The van der Waals surface area contributed by atoms with Gasteiger partial charge in [-0.2, -0.15) is 0 Å². The summed E-state index contributed by atoms with van der Waals surface area (Å²) in [5, 5.41) is 0. The topological polar surface area (TPSA) is 96.6 Å². The first-order chi connectivity index (χ1) is 15.1. The van der Waals surface area contributed by atoms with E-state index in [4.69, 9.17) is 5.73 Å². The molecule has 0 saturated heterocycles. The first kappa shape index (κ1) is 22.0. The van der Waals surface area contributed by atoms with Crippen LogP contribution in [-0.4, -0.2) is 35.3 Å². The molecule has 1 aromatic heterocycles. The molecule has 0 spiro atoms. The molecule has 0 bridgehead atoms. The van der Waals surface area contributed by atoms with Gasteiger partial charge in [-0.05, 0) is 43.5 Å². The van der Waals surface area contributed by atoms with Crippen molar-refractivity contribution in [3.63, 3.8) is 0 Å². The van der Waals surface area contributed by atoms with Crippen molar-refractivity contribution in [3.8, 4) is 11.1 Å². The molecule has 1 aliphatic heterocycles. The van der Waals surface area contributed by atoms with E-state index in [1.54, 1.807) is 18.0 Å². The van der Waals surface area contributed by atoms with Gasteiger partial charge in [0.15, 0.2) is 0 Å². The molecule has 1 atom stereocenters. The molecule has 1 saturated carbocycles. The molecule has 7 heteroatoms. The summed E-state index contributed by atoms with van der Waals surface area (Å²) in [7, 11) is 0. The Morgan fingerprint density at radius 2 is 1.78 bits per heavy atom. The van der Waals surface area contributed by atoms with E-state index in [1.807, 2.05) is 56.0 Å². The number of aromatic nitrogens is 1. The normalized spacial score (nSPS) is 18.3. The van der Waals surface area contributed by atoms with Crippen molar-refractivity contribution in [3.05, 3.63) is 42.2 Å². The summed E-state index contributed by atoms with van der Waals surface area (Å²) < 4.78 is 0. The van der Waals surface area contributed by atoms with Gasteiger partial charge < -0.3 is 15.5 Å². The van der Waals surface area contributed by atoms with Crippen LogP contribution in [0.4, 0.5) is 11.4 Å². The van der Waals surface area contributed by atoms with Crippen LogP contribution in [0.25, 0.3) is 11.1 Å². The number of benzene rings is 1. The summed E-state index contributed by atoms with van der Waals surface area (Å²) in [4.78, 5) is 45.1. The van der Waals surface area contributed by atoms with Crippen LogP contribution in [-0.2, 0) is 20.8 Å². The smallest absolute Gasteiger partial charge is 0.230 e. The van der Waals surface area contributed by atoms with Crippen molar-refractivity contribution in [2.45, 2.75) is 53.0 Å². The average Bonchev–Trinajstić information content (AvgIpc) is 3.57. The Kier molecular flexibility index (Phi) is 5.53. The SMILES string of the molecule is CC(=O)N1c2ccc(-c3ccc(CC(C)(C)C(N)=O)nc3)cc2N(C(=O)C2CC2)C[C@@H]1C. The lowest BCUT2D eigenvalue weighted by molar-refractivity contribution is -0.126. The minimum atomic E-state index is -0.670. The molecule has 0 radical (unpaired) electrons. The van der Waals surface area contributed by atoms with Crippen LogP contribution in [0, 0.1) is 11.3 Å². The number of anilines is 2. The summed E-state index contributed by atoms with van der Waals surface area (Å²) in [6.07, 6.45) is 4.10. The predicted octanol–water partition coefficient (Wildman–Crippen LogP) is 3.30. The van der Waals surface area contributed by atoms with Crippen LogP contribution in [0.5, 0.6) is 0 Å². The number of pyridine rings is 1. The number of fused-ring (bicyclic) bond motifs is 1. The molecule has 1 aliphatic carbocycles. The summed E-state index contributed by atoms with van der Waals surface area (Å²) in [5.41, 5.74) is 8.96. The molecule has 3 amide bonds. The van der Waals surface area contributed by atoms with E-state index < -0.39 is 5.41 Å². The van der Waals surface area contributed by atoms with Crippen molar-refractivity contribution in [2.75, 3.05) is 16.3 Å². The zero-order chi connectivity index (χ0) is 23.2. The summed E-state index contributed by atoms with van der Waals surface area (Å²) in [6, 6.07) is 9.62. The number of amides is 3. The second-order valence-electron chi connectivity index (χ2n) is 9.63. The highest BCUT2D eigenvalue weighted by molar-refractivity contribution is 6.06. The maximum atomic E-state index is 13.0. The highest BCUT2D eigenvalue weighted by Gasteiger charge is 2.39. The molecule has 1 fully saturated rings. The number of hydrogen-bond donors (Lipinski definition) is 1. The molecule has 2 N–H and O–H groups in total. The molecular weight excluding hydrogens is 404 g/mol. The van der Waals surface area contributed by atoms with Crippen LogP contribution in [0.1, 0.15) is 46.2 Å². The van der Waals surface area contributed by atoms with Gasteiger partial charge in [-0.1, -0.05) is 26.0 Å². The standard InChI is InChI=1S/C25H30N4O3/c1-15-14-28(23(31)17-5-6-17)22-11-18(8-10-21(22)29(15)16(2)30)19-7-9-20(27-13-19)12-25(3,4)24(26)32/h7-11,13,15,17H,5-6,12,14H2,1-4H3,(H2,26,32)/t15-/m0/s1. The van der Waals surface area contributed by atoms with Gasteiger partial charge in [-0.15, -0.1) is 0 Å². The first-order valence-corrected chi connectivity index (χ1v) is 11.1. The van der Waals surface area contributed by atoms with E-state index >= 15 is 0 Å². The van der Waals surface area contributed by atoms with Crippen LogP contribution in [0.15, 0.2) is 36.5 Å². The predicted molar refractivity (Wildman–Crippen MR) is 124 cm³/mol. The minimum Gasteiger partial charge on any atom is -0.369 e. The lowest BCUT2D eigenvalue weighted by Crippen LogP contribution is -2.51. The highest BCUT2D eigenvalue weighted by atomic mass is 16.2. The lowest BCUT2D eigenvalue weighted by Gasteiger charge is -2.41. The third-order valence-corrected chi connectivity index (χ3v) is 6.39. The fraction of sp³-hybridized carbons (Fsp3) is 0.440. The Hall–Kier alpha value is -3.22. The second kappa shape index (κ2) is 8.04. The minimum absolute atomic E-state index is 0.0342. The number of rotatable bonds is 5. The van der Waals surface area contributed by atoms with E-state index in [-0.39, 0.29) is 29.7 Å². The lowest BCUT2D eigenvalue weighted by atomic mass is 9.87. The number of nitrogens with zero attached hydrogens (tertiary/aromatic N) is 3. The number of carbonyl (C=O) groups is 3. The van der Waals surface area contributed by atoms with Crippen molar-refractivity contribution >= 4 is 29.1 Å². The zero-order valence-corrected chi connectivity index (χ0v) is 19.1. The molecule has 1 aromatic carbocycles. The largest absolute Gasteiger partial charge is 0.369 e. The Labute approximate surface area is 188 Å². The van der Waals surface area contributed by atoms with Gasteiger partial charge >= 0.3 is 0 Å². The fourth-order valence-corrected chi connectivity index (χ4v) is 4.28. The third-order valence-electron chi connectivity index (χ3n) is 6.39. The molecule has 0 unspecified atom stereocenters. The van der Waals surface area contributed by atoms with E-state index in [2.05, 4.69) is 4.98 Å². The van der Waals surface area contributed by atoms with Crippen molar-refractivity contribution < 1.29 is 14.4 Å². The highest BCUT2D eigenvalue weighted by Crippen LogP contribution is 2.42. The molecule has 2 aromatic rings. The van der Waals surface area contributed by atoms with Gasteiger partial charge in [0.05, 0.1) is 17.4 Å². The molecule has 4 rings (SSSR count). The molecule has 2 heterocycles. The van der Waals surface area contributed by atoms with Gasteiger partial charge in [0.25, 0.3) is 0 Å². The summed E-state index contributed by atoms with van der Waals surface area (Å²) >= 11 is 0. The maximum absolute atomic E-state index is 13.0. The van der Waals surface area contributed by atoms with Gasteiger partial charge in [0.1, 0.15) is 0 Å². The van der Waals surface area contributed by atoms with E-state index in [9.17, 15) is 14.4 Å². The number of carbonyl (C=O) groups excluding carboxylic acids is 3. The summed E-state index contributed by atoms with van der Waals surface area (Å²) in [5.74, 6) is -0.159. The average molecular weight is 435 g/mol. The van der Waals surface area contributed by atoms with Crippen LogP contribution < -0.4 is 15.5 Å². The van der Waals surface area contributed by atoms with Crippen LogP contribution in [0.3, 0.4) is 0 Å². The Balaban J connectivity index is 1.68. The quantitative estimate of drug-likeness (QED) is 0.781. The first-order valence-electron chi connectivity index (χ1n) is 11.1. The molecule has 2 aliphatic rings. The second-order valence-corrected chi connectivity index (χ2v) is 9.63. The maximum Gasteiger partial charge on any atom is 0.230 e. The molecule has 168 valence electrons. The Morgan fingerprint density at radius 3 is 2.34 bits per heavy atom. The molecule has 7 nitrogen and oxygen atoms in total. The summed E-state index contributed by atoms with van der Waals surface area (Å²) in [6.45, 7) is 7.64. The number of nitrogens with two attached hydrogens (primary N) is 1. The molecule has 32 heavy (non-hydrogen) atoms. The van der Waals surface area contributed by atoms with Crippen molar-refractivity contribution in [1.82, 2.24) is 4.98 Å². The van der Waals surface area contributed by atoms with Crippen molar-refractivity contribution in [2.24, 2.45) is 17.1 Å². The Morgan fingerprint density at radius 1 is 1.09 bits per heavy atom. The van der Waals surface area contributed by atoms with Crippen LogP contribution in [0.2, 0.25) is 0 Å². The third kappa shape index (κ3) is 4.11.